The molecule has 1 rings (SSSR count). The molecule has 0 unspecified atom stereocenters. The maximum Gasteiger partial charge on any atom is 0.387 e. The summed E-state index contributed by atoms with van der Waals surface area (Å²) in [5, 5.41) is 14.8. The molecule has 0 heterocycles. The van der Waals surface area contributed by atoms with E-state index >= 15 is 0 Å². The highest BCUT2D eigenvalue weighted by Gasteiger charge is 2.04. The Balaban J connectivity index is 2.40. The Labute approximate surface area is 109 Å². The molecule has 0 aliphatic rings. The van der Waals surface area contributed by atoms with E-state index in [-0.39, 0.29) is 12.4 Å². The summed E-state index contributed by atoms with van der Waals surface area (Å²) in [6, 6.07) is 6.01. The zero-order valence-electron chi connectivity index (χ0n) is 9.53. The van der Waals surface area contributed by atoms with Crippen LogP contribution in [0.5, 0.6) is 5.75 Å². The molecule has 0 atom stereocenters. The van der Waals surface area contributed by atoms with Crippen molar-refractivity contribution in [1.82, 2.24) is 5.32 Å². The van der Waals surface area contributed by atoms with Crippen LogP contribution in [0.15, 0.2) is 24.3 Å². The summed E-state index contributed by atoms with van der Waals surface area (Å²) in [4.78, 5) is 0. The quantitative estimate of drug-likeness (QED) is 0.548. The van der Waals surface area contributed by atoms with Crippen LogP contribution in [-0.4, -0.2) is 30.0 Å². The molecule has 18 heavy (non-hydrogen) atoms. The molecule has 7 heteroatoms. The summed E-state index contributed by atoms with van der Waals surface area (Å²) in [6.45, 7) is -2.17. The summed E-state index contributed by atoms with van der Waals surface area (Å²) >= 11 is 5.00. The van der Waals surface area contributed by atoms with E-state index in [9.17, 15) is 8.78 Å². The molecule has 100 valence electrons. The largest absolute Gasteiger partial charge is 0.435 e. The number of aliphatic hydroxyl groups is 1. The first-order valence-corrected chi connectivity index (χ1v) is 5.73. The number of hydrogen-bond acceptors (Lipinski definition) is 3. The Morgan fingerprint density at radius 2 is 2.00 bits per heavy atom. The molecule has 1 aromatic rings. The number of aliphatic hydroxyl groups excluding tert-OH is 1. The van der Waals surface area contributed by atoms with Gasteiger partial charge < -0.3 is 20.5 Å². The van der Waals surface area contributed by atoms with E-state index in [4.69, 9.17) is 17.3 Å². The topological polar surface area (TPSA) is 53.5 Å². The third-order valence-electron chi connectivity index (χ3n) is 1.96. The van der Waals surface area contributed by atoms with E-state index in [0.717, 1.165) is 0 Å². The Hall–Kier alpha value is -1.47. The van der Waals surface area contributed by atoms with Gasteiger partial charge in [0.15, 0.2) is 5.11 Å². The molecule has 0 aromatic heterocycles. The highest BCUT2D eigenvalue weighted by Crippen LogP contribution is 2.17. The first-order chi connectivity index (χ1) is 8.61. The number of halogens is 2. The number of alkyl halides is 2. The van der Waals surface area contributed by atoms with Gasteiger partial charge in [0, 0.05) is 18.8 Å². The minimum absolute atomic E-state index is 0.0923. The van der Waals surface area contributed by atoms with Crippen LogP contribution in [0, 0.1) is 0 Å². The summed E-state index contributed by atoms with van der Waals surface area (Å²) in [5.74, 6) is 0.0923. The molecule has 0 amide bonds. The molecule has 0 fully saturated rings. The lowest BCUT2D eigenvalue weighted by atomic mass is 10.3. The zero-order chi connectivity index (χ0) is 13.4. The van der Waals surface area contributed by atoms with Gasteiger partial charge in [-0.25, -0.2) is 0 Å². The van der Waals surface area contributed by atoms with Crippen molar-refractivity contribution in [3.63, 3.8) is 0 Å². The zero-order valence-corrected chi connectivity index (χ0v) is 10.3. The van der Waals surface area contributed by atoms with Crippen molar-refractivity contribution in [3.05, 3.63) is 24.3 Å². The molecule has 0 spiro atoms. The van der Waals surface area contributed by atoms with E-state index in [1.54, 1.807) is 12.1 Å². The maximum atomic E-state index is 11.9. The van der Waals surface area contributed by atoms with E-state index in [0.29, 0.717) is 23.8 Å². The van der Waals surface area contributed by atoms with Gasteiger partial charge in [0.2, 0.25) is 0 Å². The Bertz CT molecular complexity index is 374. The molecule has 3 N–H and O–H groups in total. The smallest absolute Gasteiger partial charge is 0.387 e. The van der Waals surface area contributed by atoms with E-state index < -0.39 is 6.61 Å². The highest BCUT2D eigenvalue weighted by molar-refractivity contribution is 7.80. The Morgan fingerprint density at radius 1 is 1.33 bits per heavy atom. The second-order valence-corrected chi connectivity index (χ2v) is 3.77. The number of nitrogens with one attached hydrogen (secondary N) is 2. The fourth-order valence-electron chi connectivity index (χ4n) is 1.18. The molecule has 0 bridgehead atoms. The third-order valence-corrected chi connectivity index (χ3v) is 2.20. The van der Waals surface area contributed by atoms with Crippen molar-refractivity contribution in [1.29, 1.82) is 0 Å². The highest BCUT2D eigenvalue weighted by atomic mass is 32.1. The number of benzene rings is 1. The van der Waals surface area contributed by atoms with E-state index in [1.165, 1.54) is 12.1 Å². The van der Waals surface area contributed by atoms with Gasteiger partial charge in [-0.1, -0.05) is 0 Å². The molecule has 0 saturated heterocycles. The first-order valence-electron chi connectivity index (χ1n) is 5.32. The second-order valence-electron chi connectivity index (χ2n) is 3.36. The van der Waals surface area contributed by atoms with Crippen molar-refractivity contribution < 1.29 is 18.6 Å². The molecule has 0 aliphatic carbocycles. The van der Waals surface area contributed by atoms with Crippen LogP contribution in [0.25, 0.3) is 0 Å². The standard InChI is InChI=1S/C11H14F2N2O2S/c12-10(13)17-9-4-2-8(3-5-9)15-11(18)14-6-1-7-16/h2-5,10,16H,1,6-7H2,(H2,14,15,18). The minimum Gasteiger partial charge on any atom is -0.435 e. The number of anilines is 1. The lowest BCUT2D eigenvalue weighted by Gasteiger charge is -2.10. The summed E-state index contributed by atoms with van der Waals surface area (Å²) in [6.07, 6.45) is 0.600. The summed E-state index contributed by atoms with van der Waals surface area (Å²) < 4.78 is 28.0. The lowest BCUT2D eigenvalue weighted by molar-refractivity contribution is -0.0498. The summed E-state index contributed by atoms with van der Waals surface area (Å²) in [7, 11) is 0. The van der Waals surface area contributed by atoms with Crippen LogP contribution in [0.1, 0.15) is 6.42 Å². The molecule has 4 nitrogen and oxygen atoms in total. The fraction of sp³-hybridized carbons (Fsp3) is 0.364. The van der Waals surface area contributed by atoms with E-state index in [1.807, 2.05) is 0 Å². The average molecular weight is 276 g/mol. The van der Waals surface area contributed by atoms with E-state index in [2.05, 4.69) is 15.4 Å². The second kappa shape index (κ2) is 7.78. The van der Waals surface area contributed by atoms with Gasteiger partial charge in [-0.05, 0) is 42.9 Å². The van der Waals surface area contributed by atoms with Gasteiger partial charge in [0.25, 0.3) is 0 Å². The number of hydrogen-bond donors (Lipinski definition) is 3. The van der Waals surface area contributed by atoms with Crippen LogP contribution < -0.4 is 15.4 Å². The van der Waals surface area contributed by atoms with Gasteiger partial charge in [-0.15, -0.1) is 0 Å². The normalized spacial score (nSPS) is 10.2. The molecular formula is C11H14F2N2O2S. The third kappa shape index (κ3) is 5.74. The van der Waals surface area contributed by atoms with Gasteiger partial charge in [-0.3, -0.25) is 0 Å². The monoisotopic (exact) mass is 276 g/mol. The van der Waals surface area contributed by atoms with Crippen LogP contribution in [0.4, 0.5) is 14.5 Å². The maximum absolute atomic E-state index is 11.9. The van der Waals surface area contributed by atoms with Crippen molar-refractivity contribution in [2.24, 2.45) is 0 Å². The molecule has 1 aromatic carbocycles. The lowest BCUT2D eigenvalue weighted by Crippen LogP contribution is -2.29. The number of rotatable bonds is 6. The van der Waals surface area contributed by atoms with Crippen LogP contribution in [-0.2, 0) is 0 Å². The first kappa shape index (κ1) is 14.6. The molecule has 0 saturated carbocycles. The molecular weight excluding hydrogens is 262 g/mol. The number of ether oxygens (including phenoxy) is 1. The van der Waals surface area contributed by atoms with Gasteiger partial charge in [-0.2, -0.15) is 8.78 Å². The van der Waals surface area contributed by atoms with Crippen LogP contribution in [0.2, 0.25) is 0 Å². The Kier molecular flexibility index (Phi) is 6.31. The number of thiocarbonyl (C=S) groups is 1. The van der Waals surface area contributed by atoms with Crippen LogP contribution >= 0.6 is 12.2 Å². The minimum atomic E-state index is -2.83. The van der Waals surface area contributed by atoms with Crippen LogP contribution in [0.3, 0.4) is 0 Å². The molecule has 0 radical (unpaired) electrons. The average Bonchev–Trinajstić information content (AvgIpc) is 2.31. The van der Waals surface area contributed by atoms with Crippen molar-refractivity contribution in [2.45, 2.75) is 13.0 Å². The van der Waals surface area contributed by atoms with Gasteiger partial charge in [0.05, 0.1) is 0 Å². The SMILES string of the molecule is OCCCNC(=S)Nc1ccc(OC(F)F)cc1. The van der Waals surface area contributed by atoms with Crippen molar-refractivity contribution in [3.8, 4) is 5.75 Å². The van der Waals surface area contributed by atoms with Crippen molar-refractivity contribution in [2.75, 3.05) is 18.5 Å². The predicted octanol–water partition coefficient (Wildman–Crippen LogP) is 1.96. The summed E-state index contributed by atoms with van der Waals surface area (Å²) in [5.41, 5.74) is 0.665. The van der Waals surface area contributed by atoms with Crippen molar-refractivity contribution >= 4 is 23.0 Å². The molecule has 0 aliphatic heterocycles. The van der Waals surface area contributed by atoms with Gasteiger partial charge >= 0.3 is 6.61 Å². The van der Waals surface area contributed by atoms with Gasteiger partial charge in [0.1, 0.15) is 5.75 Å². The Morgan fingerprint density at radius 3 is 2.56 bits per heavy atom. The predicted molar refractivity (Wildman–Crippen MR) is 69.0 cm³/mol. The fourth-order valence-corrected chi connectivity index (χ4v) is 1.40.